The van der Waals surface area contributed by atoms with Gasteiger partial charge in [-0.2, -0.15) is 5.10 Å². The molecule has 1 saturated heterocycles. The number of ether oxygens (including phenoxy) is 1. The summed E-state index contributed by atoms with van der Waals surface area (Å²) < 4.78 is 9.07. The average Bonchev–Trinajstić information content (AvgIpc) is 3.48. The second-order valence-electron chi connectivity index (χ2n) is 17.4. The zero-order valence-corrected chi connectivity index (χ0v) is 26.2. The predicted octanol–water partition coefficient (Wildman–Crippen LogP) is 8.78. The molecule has 3 heteroatoms. The van der Waals surface area contributed by atoms with Gasteiger partial charge in [0, 0.05) is 5.41 Å². The molecule has 2 heterocycles. The normalized spacial score (nSPS) is 47.8. The van der Waals surface area contributed by atoms with Gasteiger partial charge in [0.15, 0.2) is 0 Å². The van der Waals surface area contributed by atoms with Gasteiger partial charge >= 0.3 is 0 Å². The van der Waals surface area contributed by atoms with E-state index in [1.807, 2.05) is 0 Å². The van der Waals surface area contributed by atoms with Crippen LogP contribution in [0.2, 0.25) is 0 Å². The topological polar surface area (TPSA) is 27.1 Å². The molecule has 0 spiro atoms. The van der Waals surface area contributed by atoms with Gasteiger partial charge in [0.2, 0.25) is 0 Å². The molecule has 0 unspecified atom stereocenters. The zero-order valence-electron chi connectivity index (χ0n) is 26.2. The maximum Gasteiger partial charge on any atom is 0.0663 e. The summed E-state index contributed by atoms with van der Waals surface area (Å²) in [7, 11) is 0. The van der Waals surface area contributed by atoms with Crippen LogP contribution in [-0.2, 0) is 16.6 Å². The highest BCUT2D eigenvalue weighted by atomic mass is 16.5. The molecule has 40 heavy (non-hydrogen) atoms. The van der Waals surface area contributed by atoms with Crippen LogP contribution in [0.3, 0.4) is 0 Å². The summed E-state index contributed by atoms with van der Waals surface area (Å²) in [5, 5.41) is 5.04. The van der Waals surface area contributed by atoms with Crippen LogP contribution in [0.25, 0.3) is 5.69 Å². The van der Waals surface area contributed by atoms with E-state index in [9.17, 15) is 0 Å². The minimum atomic E-state index is 0.102. The van der Waals surface area contributed by atoms with Crippen LogP contribution in [-0.4, -0.2) is 22.5 Å². The maximum absolute atomic E-state index is 6.79. The summed E-state index contributed by atoms with van der Waals surface area (Å²) in [5.41, 5.74) is 6.22. The van der Waals surface area contributed by atoms with E-state index in [2.05, 4.69) is 89.7 Å². The monoisotopic (exact) mass is 540 g/mol. The first-order chi connectivity index (χ1) is 18.9. The van der Waals surface area contributed by atoms with Crippen molar-refractivity contribution in [2.75, 3.05) is 6.61 Å². The number of rotatable bonds is 1. The minimum Gasteiger partial charge on any atom is -0.377 e. The Kier molecular flexibility index (Phi) is 5.12. The highest BCUT2D eigenvalue weighted by Gasteiger charge is 2.72. The third kappa shape index (κ3) is 2.95. The highest BCUT2D eigenvalue weighted by molar-refractivity contribution is 5.42. The molecule has 5 fully saturated rings. The lowest BCUT2D eigenvalue weighted by Gasteiger charge is -2.73. The van der Waals surface area contributed by atoms with E-state index in [0.29, 0.717) is 39.1 Å². The van der Waals surface area contributed by atoms with Gasteiger partial charge in [-0.15, -0.1) is 0 Å². The Morgan fingerprint density at radius 3 is 2.33 bits per heavy atom. The number of hydrogen-bond acceptors (Lipinski definition) is 2. The molecule has 0 amide bonds. The zero-order chi connectivity index (χ0) is 27.9. The van der Waals surface area contributed by atoms with Crippen molar-refractivity contribution in [3.05, 3.63) is 47.8 Å². The van der Waals surface area contributed by atoms with E-state index >= 15 is 0 Å². The largest absolute Gasteiger partial charge is 0.377 e. The molecule has 8 rings (SSSR count). The molecule has 4 saturated carbocycles. The Bertz CT molecular complexity index is 1340. The molecule has 5 aliphatic carbocycles. The number of fused-ring (bicyclic) bond motifs is 6. The lowest BCUT2D eigenvalue weighted by Crippen LogP contribution is -2.67. The van der Waals surface area contributed by atoms with Crippen LogP contribution in [0.4, 0.5) is 0 Å². The second kappa shape index (κ2) is 7.86. The fourth-order valence-corrected chi connectivity index (χ4v) is 13.3. The van der Waals surface area contributed by atoms with Crippen LogP contribution < -0.4 is 0 Å². The highest BCUT2D eigenvalue weighted by Crippen LogP contribution is 2.77. The number of hydrogen-bond donors (Lipinski definition) is 0. The van der Waals surface area contributed by atoms with E-state index in [1.54, 1.807) is 0 Å². The Balaban J connectivity index is 1.19. The third-order valence-electron chi connectivity index (χ3n) is 15.3. The van der Waals surface area contributed by atoms with Crippen molar-refractivity contribution in [1.82, 2.24) is 9.78 Å². The minimum absolute atomic E-state index is 0.102. The molecule has 1 aromatic heterocycles. The van der Waals surface area contributed by atoms with Gasteiger partial charge in [0.1, 0.15) is 0 Å². The van der Waals surface area contributed by atoms with Gasteiger partial charge in [0.05, 0.1) is 30.3 Å². The Hall–Kier alpha value is -1.61. The number of aromatic nitrogens is 2. The maximum atomic E-state index is 6.79. The van der Waals surface area contributed by atoms with Gasteiger partial charge in [-0.1, -0.05) is 66.7 Å². The van der Waals surface area contributed by atoms with Crippen LogP contribution >= 0.6 is 0 Å². The molecule has 6 aliphatic rings. The molecule has 1 aliphatic heterocycles. The van der Waals surface area contributed by atoms with Gasteiger partial charge in [-0.3, -0.25) is 0 Å². The Morgan fingerprint density at radius 1 is 0.800 bits per heavy atom. The van der Waals surface area contributed by atoms with E-state index in [1.165, 1.54) is 74.7 Å². The number of para-hydroxylation sites is 1. The SMILES string of the molecule is CC1(C)CC[C@]23CC[C@]4(C)[C@H](CC[C@@H]5[C@@]6(C)Cc7cnn(-c8ccccc8)c7C(C)(C)[C@@H]6CC[C@]54C)[C@H]2[C@H]1OC3. The lowest BCUT2D eigenvalue weighted by molar-refractivity contribution is -0.232. The van der Waals surface area contributed by atoms with E-state index in [-0.39, 0.29) is 5.41 Å². The van der Waals surface area contributed by atoms with Crippen molar-refractivity contribution in [2.45, 2.75) is 118 Å². The van der Waals surface area contributed by atoms with E-state index < -0.39 is 0 Å². The standard InChI is InChI=1S/C37H52N2O/c1-32(2)17-19-37-20-18-35(6)26(29(37)31(32)40-23-37)13-14-28-34(5)21-24-22-38-39(25-11-9-8-10-12-25)30(24)33(3,4)27(34)15-16-36(28,35)7/h8-12,22,26-29,31H,13-21,23H2,1-7H3/t26-,27+,28-,29+,31-,34+,35-,36-,37-/m1/s1. The first kappa shape index (κ1) is 26.1. The molecule has 9 atom stereocenters. The van der Waals surface area contributed by atoms with Gasteiger partial charge in [0.25, 0.3) is 0 Å². The first-order valence-corrected chi connectivity index (χ1v) is 16.6. The van der Waals surface area contributed by atoms with Crippen molar-refractivity contribution in [1.29, 1.82) is 0 Å². The molecule has 2 bridgehead atoms. The van der Waals surface area contributed by atoms with Crippen molar-refractivity contribution in [3.8, 4) is 5.69 Å². The fraction of sp³-hybridized carbons (Fsp3) is 0.757. The quantitative estimate of drug-likeness (QED) is 0.361. The van der Waals surface area contributed by atoms with Crippen molar-refractivity contribution >= 4 is 0 Å². The summed E-state index contributed by atoms with van der Waals surface area (Å²) in [6, 6.07) is 10.8. The van der Waals surface area contributed by atoms with Crippen molar-refractivity contribution in [3.63, 3.8) is 0 Å². The molecular formula is C37H52N2O. The van der Waals surface area contributed by atoms with E-state index in [0.717, 1.165) is 24.4 Å². The molecular weight excluding hydrogens is 488 g/mol. The van der Waals surface area contributed by atoms with Crippen molar-refractivity contribution in [2.24, 2.45) is 50.7 Å². The first-order valence-electron chi connectivity index (χ1n) is 16.6. The van der Waals surface area contributed by atoms with Crippen LogP contribution in [0.1, 0.15) is 111 Å². The average molecular weight is 541 g/mol. The fourth-order valence-electron chi connectivity index (χ4n) is 13.3. The summed E-state index contributed by atoms with van der Waals surface area (Å²) >= 11 is 0. The molecule has 1 aromatic carbocycles. The second-order valence-corrected chi connectivity index (χ2v) is 17.4. The molecule has 3 nitrogen and oxygen atoms in total. The molecule has 216 valence electrons. The van der Waals surface area contributed by atoms with Crippen LogP contribution in [0.5, 0.6) is 0 Å². The van der Waals surface area contributed by atoms with Gasteiger partial charge in [-0.05, 0) is 126 Å². The number of benzene rings is 1. The Labute approximate surface area is 242 Å². The Morgan fingerprint density at radius 2 is 1.55 bits per heavy atom. The predicted molar refractivity (Wildman–Crippen MR) is 161 cm³/mol. The van der Waals surface area contributed by atoms with Crippen LogP contribution in [0, 0.1) is 50.7 Å². The summed E-state index contributed by atoms with van der Waals surface area (Å²) in [6.07, 6.45) is 15.0. The molecule has 0 radical (unpaired) electrons. The molecule has 2 aromatic rings. The van der Waals surface area contributed by atoms with E-state index in [4.69, 9.17) is 9.84 Å². The lowest BCUT2D eigenvalue weighted by atomic mass is 9.31. The summed E-state index contributed by atoms with van der Waals surface area (Å²) in [4.78, 5) is 0. The number of nitrogens with zero attached hydrogens (tertiary/aromatic N) is 2. The molecule has 0 N–H and O–H groups in total. The van der Waals surface area contributed by atoms with Gasteiger partial charge in [-0.25, -0.2) is 4.68 Å². The van der Waals surface area contributed by atoms with Crippen molar-refractivity contribution < 1.29 is 4.74 Å². The summed E-state index contributed by atoms with van der Waals surface area (Å²) in [6.45, 7) is 19.4. The smallest absolute Gasteiger partial charge is 0.0663 e. The summed E-state index contributed by atoms with van der Waals surface area (Å²) in [5.74, 6) is 3.06. The van der Waals surface area contributed by atoms with Crippen LogP contribution in [0.15, 0.2) is 36.5 Å². The van der Waals surface area contributed by atoms with Gasteiger partial charge < -0.3 is 4.74 Å². The third-order valence-corrected chi connectivity index (χ3v) is 15.3.